The van der Waals surface area contributed by atoms with Crippen molar-refractivity contribution in [3.05, 3.63) is 45.3 Å². The lowest BCUT2D eigenvalue weighted by Crippen LogP contribution is -2.27. The fraction of sp³-hybridized carbons (Fsp3) is 0.231. The summed E-state index contributed by atoms with van der Waals surface area (Å²) >= 11 is 11.8. The number of aromatic nitrogens is 1. The number of nitrogens with zero attached hydrogens (tertiary/aromatic N) is 2. The van der Waals surface area contributed by atoms with Crippen molar-refractivity contribution in [1.82, 2.24) is 5.16 Å². The number of anilines is 1. The predicted octanol–water partition coefficient (Wildman–Crippen LogP) is 3.87. The van der Waals surface area contributed by atoms with Gasteiger partial charge < -0.3 is 9.42 Å². The van der Waals surface area contributed by atoms with E-state index < -0.39 is 0 Å². The molecule has 0 aliphatic carbocycles. The van der Waals surface area contributed by atoms with Gasteiger partial charge in [-0.15, -0.1) is 0 Å². The van der Waals surface area contributed by atoms with Gasteiger partial charge in [0.25, 0.3) is 5.91 Å². The van der Waals surface area contributed by atoms with E-state index in [1.807, 2.05) is 0 Å². The first kappa shape index (κ1) is 13.9. The van der Waals surface area contributed by atoms with Crippen LogP contribution in [0, 0.1) is 13.8 Å². The van der Waals surface area contributed by atoms with Gasteiger partial charge in [0, 0.05) is 12.7 Å². The maximum atomic E-state index is 12.4. The minimum Gasteiger partial charge on any atom is -0.361 e. The largest absolute Gasteiger partial charge is 0.361 e. The predicted molar refractivity (Wildman–Crippen MR) is 75.2 cm³/mol. The molecule has 19 heavy (non-hydrogen) atoms. The Bertz CT molecular complexity index is 618. The number of rotatable bonds is 2. The molecule has 0 spiro atoms. The quantitative estimate of drug-likeness (QED) is 0.845. The molecular weight excluding hydrogens is 287 g/mol. The maximum absolute atomic E-state index is 12.4. The van der Waals surface area contributed by atoms with Crippen molar-refractivity contribution in [1.29, 1.82) is 0 Å². The number of benzene rings is 1. The van der Waals surface area contributed by atoms with E-state index >= 15 is 0 Å². The van der Waals surface area contributed by atoms with Gasteiger partial charge >= 0.3 is 0 Å². The summed E-state index contributed by atoms with van der Waals surface area (Å²) in [5, 5.41) is 4.62. The Morgan fingerprint density at radius 1 is 1.26 bits per heavy atom. The first-order valence-corrected chi connectivity index (χ1v) is 6.33. The minimum atomic E-state index is -0.199. The molecule has 0 aliphatic rings. The molecule has 0 saturated carbocycles. The Morgan fingerprint density at radius 3 is 2.47 bits per heavy atom. The highest BCUT2D eigenvalue weighted by Crippen LogP contribution is 2.28. The molecule has 100 valence electrons. The number of halogens is 2. The molecule has 0 saturated heterocycles. The molecular formula is C13H12Cl2N2O2. The standard InChI is InChI=1S/C13H12Cl2N2O2/c1-7-12(8(2)19-16-7)13(18)17(3)9-4-5-10(14)11(15)6-9/h4-6H,1-3H3. The summed E-state index contributed by atoms with van der Waals surface area (Å²) in [6.45, 7) is 3.43. The first-order chi connectivity index (χ1) is 8.91. The Labute approximate surface area is 120 Å². The molecule has 1 aromatic heterocycles. The summed E-state index contributed by atoms with van der Waals surface area (Å²) < 4.78 is 5.00. The first-order valence-electron chi connectivity index (χ1n) is 5.57. The second-order valence-electron chi connectivity index (χ2n) is 4.16. The third kappa shape index (κ3) is 2.60. The molecule has 6 heteroatoms. The van der Waals surface area contributed by atoms with Gasteiger partial charge in [-0.25, -0.2) is 0 Å². The van der Waals surface area contributed by atoms with Crippen LogP contribution in [0.5, 0.6) is 0 Å². The van der Waals surface area contributed by atoms with Crippen molar-refractivity contribution in [3.63, 3.8) is 0 Å². The van der Waals surface area contributed by atoms with Crippen molar-refractivity contribution in [2.75, 3.05) is 11.9 Å². The Hall–Kier alpha value is -1.52. The lowest BCUT2D eigenvalue weighted by Gasteiger charge is -2.17. The number of hydrogen-bond donors (Lipinski definition) is 0. The zero-order valence-electron chi connectivity index (χ0n) is 10.7. The van der Waals surface area contributed by atoms with Crippen molar-refractivity contribution < 1.29 is 9.32 Å². The van der Waals surface area contributed by atoms with E-state index in [9.17, 15) is 4.79 Å². The van der Waals surface area contributed by atoms with Gasteiger partial charge in [0.2, 0.25) is 0 Å². The molecule has 2 aromatic rings. The third-order valence-electron chi connectivity index (χ3n) is 2.84. The second kappa shape index (κ2) is 5.23. The second-order valence-corrected chi connectivity index (χ2v) is 4.98. The Balaban J connectivity index is 2.36. The van der Waals surface area contributed by atoms with E-state index in [0.29, 0.717) is 32.8 Å². The number of carbonyl (C=O) groups is 1. The van der Waals surface area contributed by atoms with Crippen molar-refractivity contribution in [2.45, 2.75) is 13.8 Å². The highest BCUT2D eigenvalue weighted by Gasteiger charge is 2.22. The van der Waals surface area contributed by atoms with Crippen LogP contribution in [0.2, 0.25) is 10.0 Å². The van der Waals surface area contributed by atoms with E-state index in [1.54, 1.807) is 39.1 Å². The lowest BCUT2D eigenvalue weighted by atomic mass is 10.1. The topological polar surface area (TPSA) is 46.3 Å². The van der Waals surface area contributed by atoms with E-state index in [2.05, 4.69) is 5.16 Å². The van der Waals surface area contributed by atoms with Crippen LogP contribution in [-0.4, -0.2) is 18.1 Å². The molecule has 1 aromatic carbocycles. The molecule has 0 aliphatic heterocycles. The van der Waals surface area contributed by atoms with E-state index in [1.165, 1.54) is 4.90 Å². The highest BCUT2D eigenvalue weighted by molar-refractivity contribution is 6.42. The van der Waals surface area contributed by atoms with Gasteiger partial charge in [0.05, 0.1) is 15.7 Å². The van der Waals surface area contributed by atoms with Crippen LogP contribution in [0.25, 0.3) is 0 Å². The van der Waals surface area contributed by atoms with Crippen LogP contribution in [0.15, 0.2) is 22.7 Å². The molecule has 0 bridgehead atoms. The van der Waals surface area contributed by atoms with E-state index in [0.717, 1.165) is 0 Å². The van der Waals surface area contributed by atoms with E-state index in [-0.39, 0.29) is 5.91 Å². The third-order valence-corrected chi connectivity index (χ3v) is 3.58. The molecule has 0 unspecified atom stereocenters. The number of hydrogen-bond acceptors (Lipinski definition) is 3. The van der Waals surface area contributed by atoms with Gasteiger partial charge in [-0.05, 0) is 32.0 Å². The monoisotopic (exact) mass is 298 g/mol. The summed E-state index contributed by atoms with van der Waals surface area (Å²) in [5.74, 6) is 0.295. The normalized spacial score (nSPS) is 10.6. The van der Waals surface area contributed by atoms with Gasteiger partial charge in [-0.2, -0.15) is 0 Å². The van der Waals surface area contributed by atoms with Crippen molar-refractivity contribution in [2.24, 2.45) is 0 Å². The smallest absolute Gasteiger partial charge is 0.263 e. The van der Waals surface area contributed by atoms with Gasteiger partial charge in [0.15, 0.2) is 0 Å². The molecule has 0 radical (unpaired) electrons. The number of carbonyl (C=O) groups excluding carboxylic acids is 1. The molecule has 0 fully saturated rings. The SMILES string of the molecule is Cc1noc(C)c1C(=O)N(C)c1ccc(Cl)c(Cl)c1. The van der Waals surface area contributed by atoms with Gasteiger partial charge in [0.1, 0.15) is 11.3 Å². The molecule has 2 rings (SSSR count). The molecule has 0 N–H and O–H groups in total. The number of amides is 1. The van der Waals surface area contributed by atoms with Crippen molar-refractivity contribution in [3.8, 4) is 0 Å². The average Bonchev–Trinajstić information content (AvgIpc) is 2.71. The van der Waals surface area contributed by atoms with Crippen LogP contribution in [-0.2, 0) is 0 Å². The molecule has 1 amide bonds. The number of aryl methyl sites for hydroxylation is 2. The van der Waals surface area contributed by atoms with Crippen LogP contribution in [0.4, 0.5) is 5.69 Å². The van der Waals surface area contributed by atoms with Crippen LogP contribution < -0.4 is 4.90 Å². The highest BCUT2D eigenvalue weighted by atomic mass is 35.5. The summed E-state index contributed by atoms with van der Waals surface area (Å²) in [7, 11) is 1.66. The average molecular weight is 299 g/mol. The fourth-order valence-corrected chi connectivity index (χ4v) is 2.06. The van der Waals surface area contributed by atoms with E-state index in [4.69, 9.17) is 27.7 Å². The van der Waals surface area contributed by atoms with Crippen molar-refractivity contribution >= 4 is 34.8 Å². The zero-order chi connectivity index (χ0) is 14.2. The fourth-order valence-electron chi connectivity index (χ4n) is 1.77. The Kier molecular flexibility index (Phi) is 3.83. The van der Waals surface area contributed by atoms with Crippen LogP contribution >= 0.6 is 23.2 Å². The zero-order valence-corrected chi connectivity index (χ0v) is 12.2. The van der Waals surface area contributed by atoms with Crippen LogP contribution in [0.3, 0.4) is 0 Å². The Morgan fingerprint density at radius 2 is 1.95 bits per heavy atom. The summed E-state index contributed by atoms with van der Waals surface area (Å²) in [4.78, 5) is 13.9. The summed E-state index contributed by atoms with van der Waals surface area (Å²) in [6.07, 6.45) is 0. The molecule has 1 heterocycles. The van der Waals surface area contributed by atoms with Gasteiger partial charge in [-0.1, -0.05) is 28.4 Å². The molecule has 0 atom stereocenters. The summed E-state index contributed by atoms with van der Waals surface area (Å²) in [5.41, 5.74) is 1.68. The lowest BCUT2D eigenvalue weighted by molar-refractivity contribution is 0.0991. The van der Waals surface area contributed by atoms with Gasteiger partial charge in [-0.3, -0.25) is 4.79 Å². The van der Waals surface area contributed by atoms with Crippen LogP contribution in [0.1, 0.15) is 21.8 Å². The molecule has 4 nitrogen and oxygen atoms in total. The summed E-state index contributed by atoms with van der Waals surface area (Å²) in [6, 6.07) is 5.01. The maximum Gasteiger partial charge on any atom is 0.263 e. The minimum absolute atomic E-state index is 0.199.